The predicted octanol–water partition coefficient (Wildman–Crippen LogP) is 2.50. The quantitative estimate of drug-likeness (QED) is 0.829. The Morgan fingerprint density at radius 3 is 2.61 bits per heavy atom. The van der Waals surface area contributed by atoms with Gasteiger partial charge in [-0.1, -0.05) is 0 Å². The number of nitrogens with zero attached hydrogens (tertiary/aromatic N) is 2. The van der Waals surface area contributed by atoms with Crippen molar-refractivity contribution in [3.05, 3.63) is 34.9 Å². The van der Waals surface area contributed by atoms with Crippen molar-refractivity contribution in [2.24, 2.45) is 5.92 Å². The van der Waals surface area contributed by atoms with E-state index in [9.17, 15) is 13.6 Å². The van der Waals surface area contributed by atoms with Gasteiger partial charge in [0, 0.05) is 19.7 Å². The molecule has 0 radical (unpaired) electrons. The summed E-state index contributed by atoms with van der Waals surface area (Å²) in [6, 6.07) is 3.87. The van der Waals surface area contributed by atoms with Crippen LogP contribution >= 0.6 is 0 Å². The molecule has 0 spiro atoms. The molecule has 1 aromatic carbocycles. The average Bonchev–Trinajstić information content (AvgIpc) is 2.32. The minimum Gasteiger partial charge on any atom is -0.340 e. The fraction of sp³-hybridized carbons (Fsp3) is 0.385. The number of hydrogen-bond acceptors (Lipinski definition) is 2. The van der Waals surface area contributed by atoms with Crippen molar-refractivity contribution in [3.8, 4) is 6.07 Å². The van der Waals surface area contributed by atoms with Crippen LogP contribution < -0.4 is 0 Å². The summed E-state index contributed by atoms with van der Waals surface area (Å²) in [4.78, 5) is 13.2. The molecule has 0 aliphatic carbocycles. The second-order valence-corrected chi connectivity index (χ2v) is 4.30. The van der Waals surface area contributed by atoms with E-state index in [4.69, 9.17) is 5.26 Å². The highest BCUT2D eigenvalue weighted by atomic mass is 19.1. The van der Waals surface area contributed by atoms with Crippen LogP contribution in [0.4, 0.5) is 8.78 Å². The van der Waals surface area contributed by atoms with Crippen molar-refractivity contribution in [1.29, 1.82) is 5.26 Å². The molecule has 0 bridgehead atoms. The molecule has 0 saturated heterocycles. The Kier molecular flexibility index (Phi) is 4.38. The largest absolute Gasteiger partial charge is 0.340 e. The maximum Gasteiger partial charge on any atom is 0.256 e. The fourth-order valence-electron chi connectivity index (χ4n) is 1.56. The van der Waals surface area contributed by atoms with Crippen LogP contribution in [0.25, 0.3) is 0 Å². The lowest BCUT2D eigenvalue weighted by Gasteiger charge is -2.19. The molecule has 0 N–H and O–H groups in total. The first kappa shape index (κ1) is 14.1. The van der Waals surface area contributed by atoms with Crippen LogP contribution in [0.5, 0.6) is 0 Å². The molecule has 0 aliphatic rings. The summed E-state index contributed by atoms with van der Waals surface area (Å²) in [6.07, 6.45) is 0. The van der Waals surface area contributed by atoms with Crippen molar-refractivity contribution < 1.29 is 13.6 Å². The average molecular weight is 252 g/mol. The van der Waals surface area contributed by atoms with Crippen molar-refractivity contribution in [2.45, 2.75) is 13.8 Å². The molecule has 96 valence electrons. The van der Waals surface area contributed by atoms with Gasteiger partial charge in [-0.25, -0.2) is 8.78 Å². The molecule has 1 atom stereocenters. The lowest BCUT2D eigenvalue weighted by molar-refractivity contribution is 0.0780. The van der Waals surface area contributed by atoms with E-state index in [1.54, 1.807) is 6.92 Å². The molecule has 18 heavy (non-hydrogen) atoms. The Balaban J connectivity index is 2.98. The minimum absolute atomic E-state index is 0.179. The van der Waals surface area contributed by atoms with E-state index in [1.165, 1.54) is 24.9 Å². The molecule has 1 unspecified atom stereocenters. The second-order valence-electron chi connectivity index (χ2n) is 4.30. The molecular weight excluding hydrogens is 238 g/mol. The molecule has 0 heterocycles. The highest BCUT2D eigenvalue weighted by Crippen LogP contribution is 2.16. The van der Waals surface area contributed by atoms with Gasteiger partial charge in [-0.05, 0) is 25.5 Å². The lowest BCUT2D eigenvalue weighted by Crippen LogP contribution is -2.31. The van der Waals surface area contributed by atoms with Crippen LogP contribution in [0.2, 0.25) is 0 Å². The number of halogens is 2. The van der Waals surface area contributed by atoms with E-state index in [0.29, 0.717) is 6.07 Å². The van der Waals surface area contributed by atoms with Crippen LogP contribution in [0, 0.1) is 35.8 Å². The highest BCUT2D eigenvalue weighted by Gasteiger charge is 2.19. The van der Waals surface area contributed by atoms with E-state index in [1.807, 2.05) is 6.07 Å². The topological polar surface area (TPSA) is 44.1 Å². The molecule has 0 aliphatic heterocycles. The Labute approximate surface area is 105 Å². The van der Waals surface area contributed by atoms with Gasteiger partial charge in [0.1, 0.15) is 11.6 Å². The van der Waals surface area contributed by atoms with Crippen LogP contribution in [-0.2, 0) is 0 Å². The van der Waals surface area contributed by atoms with Crippen molar-refractivity contribution >= 4 is 5.91 Å². The first-order valence-electron chi connectivity index (χ1n) is 5.47. The maximum atomic E-state index is 13.5. The van der Waals surface area contributed by atoms with Crippen molar-refractivity contribution in [3.63, 3.8) is 0 Å². The van der Waals surface area contributed by atoms with Crippen molar-refractivity contribution in [1.82, 2.24) is 4.90 Å². The second kappa shape index (κ2) is 5.58. The molecule has 1 rings (SSSR count). The Morgan fingerprint density at radius 1 is 1.44 bits per heavy atom. The zero-order chi connectivity index (χ0) is 13.9. The lowest BCUT2D eigenvalue weighted by atomic mass is 10.1. The number of benzene rings is 1. The van der Waals surface area contributed by atoms with Gasteiger partial charge in [0.15, 0.2) is 0 Å². The number of hydrogen-bond donors (Lipinski definition) is 0. The van der Waals surface area contributed by atoms with Gasteiger partial charge in [0.2, 0.25) is 0 Å². The Bertz CT molecular complexity index is 508. The molecule has 0 fully saturated rings. The molecule has 3 nitrogen and oxygen atoms in total. The van der Waals surface area contributed by atoms with Crippen LogP contribution in [0.3, 0.4) is 0 Å². The van der Waals surface area contributed by atoms with Crippen LogP contribution in [-0.4, -0.2) is 24.4 Å². The first-order chi connectivity index (χ1) is 8.36. The third kappa shape index (κ3) is 3.04. The van der Waals surface area contributed by atoms with E-state index in [-0.39, 0.29) is 23.6 Å². The predicted molar refractivity (Wildman–Crippen MR) is 62.8 cm³/mol. The van der Waals surface area contributed by atoms with Gasteiger partial charge < -0.3 is 4.90 Å². The zero-order valence-electron chi connectivity index (χ0n) is 10.5. The molecule has 1 amide bonds. The van der Waals surface area contributed by atoms with Crippen LogP contribution in [0.15, 0.2) is 12.1 Å². The number of nitriles is 1. The smallest absolute Gasteiger partial charge is 0.256 e. The normalized spacial score (nSPS) is 11.8. The van der Waals surface area contributed by atoms with Gasteiger partial charge in [0.25, 0.3) is 5.91 Å². The monoisotopic (exact) mass is 252 g/mol. The molecule has 0 saturated carbocycles. The number of rotatable bonds is 3. The summed E-state index contributed by atoms with van der Waals surface area (Å²) in [6.45, 7) is 3.32. The molecular formula is C13H14F2N2O. The zero-order valence-corrected chi connectivity index (χ0v) is 10.5. The SMILES string of the molecule is Cc1cc(C(=O)N(C)CC(C)C#N)c(F)cc1F. The standard InChI is InChI=1S/C13H14F2N2O/c1-8(6-16)7-17(3)13(18)10-4-9(2)11(14)5-12(10)15/h4-5,8H,7H2,1-3H3. The summed E-state index contributed by atoms with van der Waals surface area (Å²) in [5.41, 5.74) is 0.0306. The van der Waals surface area contributed by atoms with Crippen molar-refractivity contribution in [2.75, 3.05) is 13.6 Å². The van der Waals surface area contributed by atoms with Gasteiger partial charge in [-0.3, -0.25) is 4.79 Å². The third-order valence-electron chi connectivity index (χ3n) is 2.59. The van der Waals surface area contributed by atoms with Gasteiger partial charge in [-0.15, -0.1) is 0 Å². The molecule has 1 aromatic rings. The summed E-state index contributed by atoms with van der Waals surface area (Å²) in [7, 11) is 1.48. The van der Waals surface area contributed by atoms with Crippen LogP contribution in [0.1, 0.15) is 22.8 Å². The summed E-state index contributed by atoms with van der Waals surface area (Å²) >= 11 is 0. The fourth-order valence-corrected chi connectivity index (χ4v) is 1.56. The Hall–Kier alpha value is -1.96. The number of amides is 1. The van der Waals surface area contributed by atoms with E-state index < -0.39 is 17.5 Å². The number of aryl methyl sites for hydroxylation is 1. The van der Waals surface area contributed by atoms with E-state index in [2.05, 4.69) is 0 Å². The number of carbonyl (C=O) groups is 1. The Morgan fingerprint density at radius 2 is 2.06 bits per heavy atom. The van der Waals surface area contributed by atoms with Gasteiger partial charge >= 0.3 is 0 Å². The number of carbonyl (C=O) groups excluding carboxylic acids is 1. The first-order valence-corrected chi connectivity index (χ1v) is 5.47. The van der Waals surface area contributed by atoms with Gasteiger partial charge in [0.05, 0.1) is 17.6 Å². The van der Waals surface area contributed by atoms with Gasteiger partial charge in [-0.2, -0.15) is 5.26 Å². The third-order valence-corrected chi connectivity index (χ3v) is 2.59. The molecule has 0 aromatic heterocycles. The van der Waals surface area contributed by atoms with E-state index in [0.717, 1.165) is 0 Å². The summed E-state index contributed by atoms with van der Waals surface area (Å²) < 4.78 is 26.6. The molecule has 5 heteroatoms. The summed E-state index contributed by atoms with van der Waals surface area (Å²) in [5.74, 6) is -2.47. The minimum atomic E-state index is -0.889. The van der Waals surface area contributed by atoms with E-state index >= 15 is 0 Å². The summed E-state index contributed by atoms with van der Waals surface area (Å²) in [5, 5.41) is 8.66. The maximum absolute atomic E-state index is 13.5. The highest BCUT2D eigenvalue weighted by molar-refractivity contribution is 5.94.